The van der Waals surface area contributed by atoms with E-state index in [2.05, 4.69) is 26.8 Å². The second-order valence-electron chi connectivity index (χ2n) is 4.95. The fraction of sp³-hybridized carbons (Fsp3) is 0.462. The van der Waals surface area contributed by atoms with Crippen LogP contribution < -0.4 is 15.4 Å². The van der Waals surface area contributed by atoms with Crippen molar-refractivity contribution in [2.45, 2.75) is 25.3 Å². The topological polar surface area (TPSA) is 81.1 Å². The van der Waals surface area contributed by atoms with E-state index in [9.17, 15) is 4.79 Å². The van der Waals surface area contributed by atoms with Gasteiger partial charge in [0.2, 0.25) is 0 Å². The monoisotopic (exact) mass is 307 g/mol. The number of carbonyl (C=O) groups is 1. The maximum absolute atomic E-state index is 11.8. The fourth-order valence-electron chi connectivity index (χ4n) is 2.00. The molecule has 21 heavy (non-hydrogen) atoms. The summed E-state index contributed by atoms with van der Waals surface area (Å²) in [4.78, 5) is 15.9. The highest BCUT2D eigenvalue weighted by atomic mass is 32.1. The first-order chi connectivity index (χ1) is 10.2. The molecule has 7 nitrogen and oxygen atoms in total. The summed E-state index contributed by atoms with van der Waals surface area (Å²) in [5.41, 5.74) is 2.11. The quantitative estimate of drug-likeness (QED) is 0.886. The van der Waals surface area contributed by atoms with Crippen LogP contribution in [-0.2, 0) is 13.6 Å². The van der Waals surface area contributed by atoms with E-state index < -0.39 is 0 Å². The molecule has 3 rings (SSSR count). The number of hydrogen-bond acceptors (Lipinski definition) is 5. The summed E-state index contributed by atoms with van der Waals surface area (Å²) in [6, 6.07) is 1.77. The molecule has 8 heteroatoms. The minimum Gasteiger partial charge on any atom is -0.486 e. The van der Waals surface area contributed by atoms with Crippen molar-refractivity contribution < 1.29 is 9.53 Å². The van der Waals surface area contributed by atoms with Gasteiger partial charge in [0.15, 0.2) is 10.2 Å². The van der Waals surface area contributed by atoms with Gasteiger partial charge in [-0.15, -0.1) is 0 Å². The van der Waals surface area contributed by atoms with E-state index in [1.807, 2.05) is 11.7 Å². The number of nitrogens with zero attached hydrogens (tertiary/aromatic N) is 3. The van der Waals surface area contributed by atoms with Gasteiger partial charge in [-0.05, 0) is 18.9 Å². The van der Waals surface area contributed by atoms with Gasteiger partial charge in [-0.25, -0.2) is 9.78 Å². The number of aryl methyl sites for hydroxylation is 1. The van der Waals surface area contributed by atoms with E-state index in [1.165, 1.54) is 24.2 Å². The Kier molecular flexibility index (Phi) is 3.78. The molecule has 0 spiro atoms. The first-order valence-electron chi connectivity index (χ1n) is 6.73. The first kappa shape index (κ1) is 13.9. The molecule has 1 fully saturated rings. The minimum atomic E-state index is -0.291. The van der Waals surface area contributed by atoms with Crippen LogP contribution in [0.3, 0.4) is 0 Å². The third-order valence-electron chi connectivity index (χ3n) is 3.33. The second-order valence-corrected chi connectivity index (χ2v) is 5.95. The number of carbonyl (C=O) groups excluding carboxylic acids is 1. The Morgan fingerprint density at radius 2 is 2.38 bits per heavy atom. The molecule has 0 radical (unpaired) electrons. The van der Waals surface area contributed by atoms with Gasteiger partial charge >= 0.3 is 6.03 Å². The Balaban J connectivity index is 1.53. The Morgan fingerprint density at radius 1 is 1.57 bits per heavy atom. The van der Waals surface area contributed by atoms with Gasteiger partial charge in [-0.2, -0.15) is 5.10 Å². The summed E-state index contributed by atoms with van der Waals surface area (Å²) < 4.78 is 6.84. The van der Waals surface area contributed by atoms with Crippen molar-refractivity contribution in [3.63, 3.8) is 0 Å². The van der Waals surface area contributed by atoms with E-state index in [0.717, 1.165) is 11.4 Å². The maximum atomic E-state index is 11.8. The summed E-state index contributed by atoms with van der Waals surface area (Å²) in [5.74, 6) is 0.613. The van der Waals surface area contributed by atoms with Gasteiger partial charge in [-0.3, -0.25) is 10.00 Å². The van der Waals surface area contributed by atoms with Gasteiger partial charge in [0.25, 0.3) is 0 Å². The van der Waals surface area contributed by atoms with Crippen LogP contribution in [0.4, 0.5) is 9.93 Å². The minimum absolute atomic E-state index is 0.291. The van der Waals surface area contributed by atoms with Gasteiger partial charge in [-0.1, -0.05) is 11.3 Å². The molecule has 0 saturated heterocycles. The van der Waals surface area contributed by atoms with Crippen LogP contribution in [0.25, 0.3) is 0 Å². The average molecular weight is 307 g/mol. The van der Waals surface area contributed by atoms with Crippen LogP contribution in [0.5, 0.6) is 5.06 Å². The van der Waals surface area contributed by atoms with Crippen LogP contribution in [0.2, 0.25) is 0 Å². The summed E-state index contributed by atoms with van der Waals surface area (Å²) in [6.45, 7) is 0.435. The Bertz CT molecular complexity index is 647. The lowest BCUT2D eigenvalue weighted by Crippen LogP contribution is -2.28. The van der Waals surface area contributed by atoms with Crippen LogP contribution in [-0.4, -0.2) is 27.9 Å². The average Bonchev–Trinajstić information content (AvgIpc) is 3.11. The zero-order valence-electron chi connectivity index (χ0n) is 11.9. The van der Waals surface area contributed by atoms with Gasteiger partial charge in [0, 0.05) is 13.0 Å². The lowest BCUT2D eigenvalue weighted by molar-refractivity contribution is 0.251. The lowest BCUT2D eigenvalue weighted by atomic mass is 10.2. The zero-order valence-corrected chi connectivity index (χ0v) is 12.7. The molecule has 1 aliphatic rings. The highest BCUT2D eigenvalue weighted by Gasteiger charge is 2.26. The van der Waals surface area contributed by atoms with E-state index in [0.29, 0.717) is 22.7 Å². The van der Waals surface area contributed by atoms with E-state index in [4.69, 9.17) is 4.74 Å². The molecule has 2 aromatic rings. The van der Waals surface area contributed by atoms with E-state index >= 15 is 0 Å². The van der Waals surface area contributed by atoms with Crippen molar-refractivity contribution in [3.8, 4) is 5.06 Å². The van der Waals surface area contributed by atoms with Crippen LogP contribution in [0.1, 0.15) is 30.1 Å². The molecule has 1 saturated carbocycles. The molecule has 0 atom stereocenters. The van der Waals surface area contributed by atoms with Gasteiger partial charge in [0.05, 0.1) is 31.2 Å². The van der Waals surface area contributed by atoms with Gasteiger partial charge in [0.1, 0.15) is 0 Å². The third kappa shape index (κ3) is 3.33. The number of aromatic nitrogens is 3. The SMILES string of the molecule is COc1cnc(NC(=O)NCc2cc(C3CC3)nn2C)s1. The van der Waals surface area contributed by atoms with E-state index in [1.54, 1.807) is 13.3 Å². The Morgan fingerprint density at radius 3 is 3.05 bits per heavy atom. The van der Waals surface area contributed by atoms with Crippen LogP contribution in [0, 0.1) is 0 Å². The second kappa shape index (κ2) is 5.72. The largest absolute Gasteiger partial charge is 0.486 e. The molecule has 1 aliphatic carbocycles. The Hall–Kier alpha value is -2.09. The number of nitrogens with one attached hydrogen (secondary N) is 2. The molecular formula is C13H17N5O2S. The zero-order chi connectivity index (χ0) is 14.8. The summed E-state index contributed by atoms with van der Waals surface area (Å²) >= 11 is 1.28. The molecular weight excluding hydrogens is 290 g/mol. The normalized spacial score (nSPS) is 14.0. The third-order valence-corrected chi connectivity index (χ3v) is 4.20. The van der Waals surface area contributed by atoms with Crippen molar-refractivity contribution in [3.05, 3.63) is 23.7 Å². The van der Waals surface area contributed by atoms with Crippen LogP contribution >= 0.6 is 11.3 Å². The predicted molar refractivity (Wildman–Crippen MR) is 79.7 cm³/mol. The molecule has 0 bridgehead atoms. The summed E-state index contributed by atoms with van der Waals surface area (Å²) in [6.07, 6.45) is 4.01. The number of urea groups is 1. The molecule has 2 N–H and O–H groups in total. The maximum Gasteiger partial charge on any atom is 0.321 e. The van der Waals surface area contributed by atoms with Crippen molar-refractivity contribution in [1.82, 2.24) is 20.1 Å². The van der Waals surface area contributed by atoms with Gasteiger partial charge < -0.3 is 10.1 Å². The predicted octanol–water partition coefficient (Wildman–Crippen LogP) is 2.08. The van der Waals surface area contributed by atoms with Crippen molar-refractivity contribution in [2.75, 3.05) is 12.4 Å². The molecule has 2 heterocycles. The van der Waals surface area contributed by atoms with E-state index in [-0.39, 0.29) is 6.03 Å². The number of hydrogen-bond donors (Lipinski definition) is 2. The van der Waals surface area contributed by atoms with Crippen LogP contribution in [0.15, 0.2) is 12.3 Å². The summed E-state index contributed by atoms with van der Waals surface area (Å²) in [7, 11) is 3.46. The molecule has 0 unspecified atom stereocenters. The highest BCUT2D eigenvalue weighted by Crippen LogP contribution is 2.39. The standard InChI is InChI=1S/C13H17N5O2S/c1-18-9(5-10(17-18)8-3-4-8)6-14-12(19)16-13-15-7-11(20-2)21-13/h5,7-8H,3-4,6H2,1-2H3,(H2,14,15,16,19). The Labute approximate surface area is 126 Å². The number of methoxy groups -OCH3 is 1. The van der Waals surface area contributed by atoms with Crippen molar-refractivity contribution >= 4 is 22.5 Å². The number of rotatable bonds is 5. The molecule has 2 aromatic heterocycles. The molecule has 112 valence electrons. The number of ether oxygens (including phenoxy) is 1. The number of anilines is 1. The number of thiazole rings is 1. The molecule has 0 aromatic carbocycles. The van der Waals surface area contributed by atoms with Crippen molar-refractivity contribution in [1.29, 1.82) is 0 Å². The van der Waals surface area contributed by atoms with Crippen molar-refractivity contribution in [2.24, 2.45) is 7.05 Å². The smallest absolute Gasteiger partial charge is 0.321 e. The first-order valence-corrected chi connectivity index (χ1v) is 7.55. The summed E-state index contributed by atoms with van der Waals surface area (Å²) in [5, 5.41) is 11.1. The number of amides is 2. The fourth-order valence-corrected chi connectivity index (χ4v) is 2.63. The molecule has 2 amide bonds. The lowest BCUT2D eigenvalue weighted by Gasteiger charge is -2.05. The molecule has 0 aliphatic heterocycles. The highest BCUT2D eigenvalue weighted by molar-refractivity contribution is 7.17.